The number of halogens is 1. The van der Waals surface area contributed by atoms with Gasteiger partial charge in [-0.2, -0.15) is 0 Å². The number of hydrogen-bond donors (Lipinski definition) is 0. The first-order valence-corrected chi connectivity index (χ1v) is 7.59. The molecule has 1 aliphatic heterocycles. The number of ether oxygens (including phenoxy) is 1. The second-order valence-electron chi connectivity index (χ2n) is 4.93. The summed E-state index contributed by atoms with van der Waals surface area (Å²) in [5.41, 5.74) is 1.05. The Morgan fingerprint density at radius 3 is 2.84 bits per heavy atom. The van der Waals surface area contributed by atoms with Crippen LogP contribution >= 0.6 is 15.9 Å². The zero-order chi connectivity index (χ0) is 13.7. The molecular weight excluding hydrogens is 306 g/mol. The first-order valence-electron chi connectivity index (χ1n) is 6.80. The van der Waals surface area contributed by atoms with E-state index in [0.717, 1.165) is 36.1 Å². The van der Waals surface area contributed by atoms with Gasteiger partial charge < -0.3 is 4.74 Å². The van der Waals surface area contributed by atoms with Gasteiger partial charge in [0.05, 0.1) is 6.61 Å². The molecule has 4 heteroatoms. The van der Waals surface area contributed by atoms with Crippen molar-refractivity contribution in [3.8, 4) is 0 Å². The van der Waals surface area contributed by atoms with Gasteiger partial charge in [0.2, 0.25) is 0 Å². The number of benzene rings is 1. The minimum absolute atomic E-state index is 0.183. The van der Waals surface area contributed by atoms with E-state index in [1.54, 1.807) is 0 Å². The number of morpholine rings is 1. The predicted molar refractivity (Wildman–Crippen MR) is 79.3 cm³/mol. The molecule has 1 heterocycles. The molecular formula is C15H20BrNO2. The minimum atomic E-state index is -0.260. The molecule has 1 unspecified atom stereocenters. The van der Waals surface area contributed by atoms with Crippen molar-refractivity contribution >= 4 is 21.7 Å². The maximum Gasteiger partial charge on any atom is 0.167 e. The summed E-state index contributed by atoms with van der Waals surface area (Å²) in [6.07, 6.45) is 1.31. The van der Waals surface area contributed by atoms with Gasteiger partial charge in [-0.15, -0.1) is 0 Å². The van der Waals surface area contributed by atoms with Gasteiger partial charge in [0.1, 0.15) is 6.10 Å². The molecule has 1 aromatic rings. The third-order valence-electron chi connectivity index (χ3n) is 3.34. The van der Waals surface area contributed by atoms with Gasteiger partial charge in [-0.3, -0.25) is 9.69 Å². The number of rotatable bonds is 5. The molecule has 0 N–H and O–H groups in total. The smallest absolute Gasteiger partial charge is 0.167 e. The van der Waals surface area contributed by atoms with E-state index in [9.17, 15) is 4.79 Å². The maximum absolute atomic E-state index is 12.2. The van der Waals surface area contributed by atoms with E-state index in [2.05, 4.69) is 27.8 Å². The fourth-order valence-corrected chi connectivity index (χ4v) is 2.60. The van der Waals surface area contributed by atoms with Gasteiger partial charge in [-0.05, 0) is 30.7 Å². The molecule has 1 aliphatic rings. The topological polar surface area (TPSA) is 29.5 Å². The summed E-state index contributed by atoms with van der Waals surface area (Å²) >= 11 is 3.40. The van der Waals surface area contributed by atoms with Crippen LogP contribution in [0.5, 0.6) is 0 Å². The molecule has 19 heavy (non-hydrogen) atoms. The Morgan fingerprint density at radius 1 is 1.42 bits per heavy atom. The van der Waals surface area contributed by atoms with Crippen LogP contribution in [0.2, 0.25) is 0 Å². The molecule has 0 amide bonds. The van der Waals surface area contributed by atoms with Crippen LogP contribution in [0.3, 0.4) is 0 Å². The van der Waals surface area contributed by atoms with Gasteiger partial charge in [0.15, 0.2) is 5.78 Å². The summed E-state index contributed by atoms with van der Waals surface area (Å²) in [7, 11) is 0. The van der Waals surface area contributed by atoms with Crippen LogP contribution in [0.15, 0.2) is 28.7 Å². The molecule has 0 radical (unpaired) electrons. The SMILES string of the molecule is CCCN1CCOC(C(=O)Cc2ccc(Br)cc2)C1. The van der Waals surface area contributed by atoms with E-state index in [0.29, 0.717) is 13.0 Å². The van der Waals surface area contributed by atoms with Gasteiger partial charge >= 0.3 is 0 Å². The van der Waals surface area contributed by atoms with Gasteiger partial charge in [0, 0.05) is 24.0 Å². The fourth-order valence-electron chi connectivity index (χ4n) is 2.33. The minimum Gasteiger partial charge on any atom is -0.368 e. The van der Waals surface area contributed by atoms with E-state index in [4.69, 9.17) is 4.74 Å². The van der Waals surface area contributed by atoms with E-state index in [1.165, 1.54) is 0 Å². The highest BCUT2D eigenvalue weighted by atomic mass is 79.9. The summed E-state index contributed by atoms with van der Waals surface area (Å²) in [5.74, 6) is 0.183. The lowest BCUT2D eigenvalue weighted by atomic mass is 10.0. The molecule has 2 rings (SSSR count). The summed E-state index contributed by atoms with van der Waals surface area (Å²) in [5, 5.41) is 0. The monoisotopic (exact) mass is 325 g/mol. The average molecular weight is 326 g/mol. The normalized spacial score (nSPS) is 20.4. The van der Waals surface area contributed by atoms with E-state index >= 15 is 0 Å². The number of hydrogen-bond acceptors (Lipinski definition) is 3. The van der Waals surface area contributed by atoms with Crippen molar-refractivity contribution < 1.29 is 9.53 Å². The number of Topliss-reactive ketones (excluding diaryl/α,β-unsaturated/α-hetero) is 1. The van der Waals surface area contributed by atoms with Gasteiger partial charge in [0.25, 0.3) is 0 Å². The summed E-state index contributed by atoms with van der Waals surface area (Å²) < 4.78 is 6.65. The molecule has 1 saturated heterocycles. The third kappa shape index (κ3) is 4.41. The van der Waals surface area contributed by atoms with Crippen molar-refractivity contribution in [2.75, 3.05) is 26.2 Å². The Bertz CT molecular complexity index is 417. The largest absolute Gasteiger partial charge is 0.368 e. The van der Waals surface area contributed by atoms with Crippen molar-refractivity contribution in [2.24, 2.45) is 0 Å². The molecule has 0 saturated carbocycles. The van der Waals surface area contributed by atoms with Crippen molar-refractivity contribution in [3.63, 3.8) is 0 Å². The Labute approximate surface area is 123 Å². The first-order chi connectivity index (χ1) is 9.19. The van der Waals surface area contributed by atoms with Crippen LogP contribution in [0.4, 0.5) is 0 Å². The Morgan fingerprint density at radius 2 is 2.16 bits per heavy atom. The average Bonchev–Trinajstić information content (AvgIpc) is 2.42. The van der Waals surface area contributed by atoms with Crippen molar-refractivity contribution in [3.05, 3.63) is 34.3 Å². The highest BCUT2D eigenvalue weighted by molar-refractivity contribution is 9.10. The molecule has 1 fully saturated rings. The Hall–Kier alpha value is -0.710. The van der Waals surface area contributed by atoms with Crippen molar-refractivity contribution in [2.45, 2.75) is 25.9 Å². The van der Waals surface area contributed by atoms with Crippen LogP contribution in [0.1, 0.15) is 18.9 Å². The number of carbonyl (C=O) groups is 1. The lowest BCUT2D eigenvalue weighted by Crippen LogP contribution is -2.46. The van der Waals surface area contributed by atoms with Crippen LogP contribution < -0.4 is 0 Å². The molecule has 0 aromatic heterocycles. The molecule has 0 bridgehead atoms. The molecule has 104 valence electrons. The third-order valence-corrected chi connectivity index (χ3v) is 3.87. The quantitative estimate of drug-likeness (QED) is 0.833. The Kier molecular flexibility index (Phi) is 5.55. The van der Waals surface area contributed by atoms with Crippen molar-refractivity contribution in [1.29, 1.82) is 0 Å². The lowest BCUT2D eigenvalue weighted by Gasteiger charge is -2.31. The second kappa shape index (κ2) is 7.17. The van der Waals surface area contributed by atoms with E-state index in [-0.39, 0.29) is 11.9 Å². The number of nitrogens with zero attached hydrogens (tertiary/aromatic N) is 1. The highest BCUT2D eigenvalue weighted by Gasteiger charge is 2.25. The summed E-state index contributed by atoms with van der Waals surface area (Å²) in [6, 6.07) is 7.89. The second-order valence-corrected chi connectivity index (χ2v) is 5.85. The molecule has 0 aliphatic carbocycles. The fraction of sp³-hybridized carbons (Fsp3) is 0.533. The van der Waals surface area contributed by atoms with Crippen LogP contribution in [0, 0.1) is 0 Å². The highest BCUT2D eigenvalue weighted by Crippen LogP contribution is 2.13. The van der Waals surface area contributed by atoms with E-state index in [1.807, 2.05) is 24.3 Å². The zero-order valence-electron chi connectivity index (χ0n) is 11.3. The van der Waals surface area contributed by atoms with Gasteiger partial charge in [-0.1, -0.05) is 35.0 Å². The van der Waals surface area contributed by atoms with E-state index < -0.39 is 0 Å². The maximum atomic E-state index is 12.2. The van der Waals surface area contributed by atoms with Crippen LogP contribution in [-0.2, 0) is 16.0 Å². The van der Waals surface area contributed by atoms with Crippen LogP contribution in [-0.4, -0.2) is 43.0 Å². The molecule has 1 atom stereocenters. The Balaban J connectivity index is 1.90. The number of ketones is 1. The summed E-state index contributed by atoms with van der Waals surface area (Å²) in [4.78, 5) is 14.6. The standard InChI is InChI=1S/C15H20BrNO2/c1-2-7-17-8-9-19-15(11-17)14(18)10-12-3-5-13(16)6-4-12/h3-6,15H,2,7-11H2,1H3. The number of carbonyl (C=O) groups excluding carboxylic acids is 1. The molecule has 3 nitrogen and oxygen atoms in total. The summed E-state index contributed by atoms with van der Waals surface area (Å²) in [6.45, 7) is 5.55. The first kappa shape index (κ1) is 14.7. The predicted octanol–water partition coefficient (Wildman–Crippen LogP) is 2.67. The van der Waals surface area contributed by atoms with Gasteiger partial charge in [-0.25, -0.2) is 0 Å². The van der Waals surface area contributed by atoms with Crippen molar-refractivity contribution in [1.82, 2.24) is 4.90 Å². The lowest BCUT2D eigenvalue weighted by molar-refractivity contribution is -0.135. The molecule has 0 spiro atoms. The zero-order valence-corrected chi connectivity index (χ0v) is 12.9. The van der Waals surface area contributed by atoms with Crippen LogP contribution in [0.25, 0.3) is 0 Å². The molecule has 1 aromatic carbocycles.